The van der Waals surface area contributed by atoms with Crippen LogP contribution in [0.1, 0.15) is 52.1 Å². The van der Waals surface area contributed by atoms with E-state index in [1.807, 2.05) is 32.9 Å². The molecule has 25 heavy (non-hydrogen) atoms. The molecule has 0 radical (unpaired) electrons. The van der Waals surface area contributed by atoms with Crippen molar-refractivity contribution in [3.8, 4) is 0 Å². The average molecular weight is 384 g/mol. The number of aliphatic hydroxyl groups excluding tert-OH is 1. The molecule has 138 valence electrons. The summed E-state index contributed by atoms with van der Waals surface area (Å²) in [6.07, 6.45) is 5.30. The van der Waals surface area contributed by atoms with Crippen LogP contribution in [0, 0.1) is 11.3 Å². The molecule has 1 N–H and O–H groups in total. The Balaban J connectivity index is 2.20. The quantitative estimate of drug-likeness (QED) is 0.715. The lowest BCUT2D eigenvalue weighted by molar-refractivity contribution is 0.00334. The average Bonchev–Trinajstić information content (AvgIpc) is 3.06. The number of hydrogen-bond acceptors (Lipinski definition) is 3. The van der Waals surface area contributed by atoms with Gasteiger partial charge < -0.3 is 5.11 Å². The first kappa shape index (κ1) is 20.2. The van der Waals surface area contributed by atoms with Gasteiger partial charge in [0.05, 0.1) is 12.1 Å². The van der Waals surface area contributed by atoms with Crippen LogP contribution in [0.4, 0.5) is 0 Å². The second-order valence-corrected chi connectivity index (χ2v) is 8.55. The van der Waals surface area contributed by atoms with Crippen molar-refractivity contribution in [2.24, 2.45) is 11.3 Å². The molecule has 0 aliphatic carbocycles. The van der Waals surface area contributed by atoms with Crippen LogP contribution in [0.15, 0.2) is 30.9 Å². The van der Waals surface area contributed by atoms with Gasteiger partial charge in [0.15, 0.2) is 0 Å². The predicted molar refractivity (Wildman–Crippen MR) is 103 cm³/mol. The minimum atomic E-state index is -0.524. The summed E-state index contributed by atoms with van der Waals surface area (Å²) in [6.45, 7) is 8.28. The summed E-state index contributed by atoms with van der Waals surface area (Å²) in [7, 11) is 0. The highest BCUT2D eigenvalue weighted by atomic mass is 35.5. The molecule has 2 aromatic rings. The van der Waals surface area contributed by atoms with Crippen LogP contribution in [0.25, 0.3) is 0 Å². The van der Waals surface area contributed by atoms with Gasteiger partial charge in [0.25, 0.3) is 0 Å². The van der Waals surface area contributed by atoms with Crippen molar-refractivity contribution in [2.45, 2.75) is 59.1 Å². The largest absolute Gasteiger partial charge is 0.390 e. The topological polar surface area (TPSA) is 50.9 Å². The summed E-state index contributed by atoms with van der Waals surface area (Å²) in [6, 6.07) is 5.51. The fraction of sp³-hybridized carbons (Fsp3) is 0.579. The van der Waals surface area contributed by atoms with Crippen LogP contribution in [0.5, 0.6) is 0 Å². The van der Waals surface area contributed by atoms with E-state index in [0.29, 0.717) is 16.0 Å². The van der Waals surface area contributed by atoms with Gasteiger partial charge in [-0.25, -0.2) is 9.67 Å². The molecule has 0 aliphatic rings. The Hall–Kier alpha value is -1.10. The van der Waals surface area contributed by atoms with Crippen molar-refractivity contribution < 1.29 is 5.11 Å². The Morgan fingerprint density at radius 2 is 1.96 bits per heavy atom. The molecular formula is C19H27Cl2N3O. The lowest BCUT2D eigenvalue weighted by Gasteiger charge is -2.34. The Labute approximate surface area is 160 Å². The summed E-state index contributed by atoms with van der Waals surface area (Å²) in [5.74, 6) is 0.366. The predicted octanol–water partition coefficient (Wildman–Crippen LogP) is 5.19. The summed E-state index contributed by atoms with van der Waals surface area (Å²) >= 11 is 12.3. The molecule has 3 unspecified atom stereocenters. The van der Waals surface area contributed by atoms with Crippen LogP contribution in [-0.2, 0) is 6.42 Å². The number of aromatic nitrogens is 3. The molecule has 3 atom stereocenters. The second-order valence-electron chi connectivity index (χ2n) is 7.70. The zero-order chi connectivity index (χ0) is 18.6. The van der Waals surface area contributed by atoms with E-state index < -0.39 is 6.10 Å². The molecule has 0 amide bonds. The molecule has 0 fully saturated rings. The van der Waals surface area contributed by atoms with E-state index in [9.17, 15) is 5.11 Å². The van der Waals surface area contributed by atoms with Gasteiger partial charge in [0.2, 0.25) is 0 Å². The molecule has 0 aliphatic heterocycles. The van der Waals surface area contributed by atoms with E-state index in [4.69, 9.17) is 23.2 Å². The molecule has 2 rings (SSSR count). The molecule has 0 saturated heterocycles. The number of hydrogen-bond donors (Lipinski definition) is 1. The standard InChI is InChI=1S/C19H27Cl2N3O/c1-5-13(8-14-6-7-15(20)10-16(14)21)9-17(18(25)19(2,3)4)24-12-22-11-23-24/h6-7,10-13,17-18,25H,5,8-9H2,1-4H3. The van der Waals surface area contributed by atoms with Gasteiger partial charge in [0.1, 0.15) is 12.7 Å². The first-order valence-electron chi connectivity index (χ1n) is 8.68. The summed E-state index contributed by atoms with van der Waals surface area (Å²) < 4.78 is 1.78. The highest BCUT2D eigenvalue weighted by Crippen LogP contribution is 2.34. The third-order valence-electron chi connectivity index (χ3n) is 4.70. The maximum Gasteiger partial charge on any atom is 0.137 e. The van der Waals surface area contributed by atoms with Gasteiger partial charge in [0, 0.05) is 10.0 Å². The molecule has 0 bridgehead atoms. The maximum atomic E-state index is 10.9. The molecular weight excluding hydrogens is 357 g/mol. The van der Waals surface area contributed by atoms with E-state index in [0.717, 1.165) is 24.8 Å². The zero-order valence-corrected chi connectivity index (χ0v) is 16.8. The smallest absolute Gasteiger partial charge is 0.137 e. The summed E-state index contributed by atoms with van der Waals surface area (Å²) in [5, 5.41) is 16.5. The van der Waals surface area contributed by atoms with Crippen molar-refractivity contribution >= 4 is 23.2 Å². The van der Waals surface area contributed by atoms with Gasteiger partial charge in [-0.05, 0) is 41.9 Å². The minimum Gasteiger partial charge on any atom is -0.390 e. The number of rotatable bonds is 7. The lowest BCUT2D eigenvalue weighted by atomic mass is 9.80. The monoisotopic (exact) mass is 383 g/mol. The van der Waals surface area contributed by atoms with Gasteiger partial charge in [-0.1, -0.05) is 63.4 Å². The Morgan fingerprint density at radius 1 is 1.24 bits per heavy atom. The molecule has 1 heterocycles. The normalized spacial score (nSPS) is 15.8. The third kappa shape index (κ3) is 5.44. The van der Waals surface area contributed by atoms with Crippen LogP contribution < -0.4 is 0 Å². The molecule has 0 saturated carbocycles. The van der Waals surface area contributed by atoms with E-state index in [-0.39, 0.29) is 11.5 Å². The highest BCUT2D eigenvalue weighted by Gasteiger charge is 2.33. The van der Waals surface area contributed by atoms with Gasteiger partial charge in [-0.2, -0.15) is 5.10 Å². The fourth-order valence-corrected chi connectivity index (χ4v) is 3.57. The lowest BCUT2D eigenvalue weighted by Crippen LogP contribution is -2.37. The molecule has 1 aromatic carbocycles. The van der Waals surface area contributed by atoms with Crippen LogP contribution >= 0.6 is 23.2 Å². The van der Waals surface area contributed by atoms with Gasteiger partial charge in [-0.3, -0.25) is 0 Å². The van der Waals surface area contributed by atoms with Crippen molar-refractivity contribution in [2.75, 3.05) is 0 Å². The first-order chi connectivity index (χ1) is 11.7. The first-order valence-corrected chi connectivity index (χ1v) is 9.44. The zero-order valence-electron chi connectivity index (χ0n) is 15.3. The van der Waals surface area contributed by atoms with Gasteiger partial charge >= 0.3 is 0 Å². The summed E-state index contributed by atoms with van der Waals surface area (Å²) in [5.41, 5.74) is 0.841. The molecule has 0 spiro atoms. The third-order valence-corrected chi connectivity index (χ3v) is 5.29. The Bertz CT molecular complexity index is 668. The van der Waals surface area contributed by atoms with Crippen LogP contribution in [-0.4, -0.2) is 26.0 Å². The number of nitrogens with zero attached hydrogens (tertiary/aromatic N) is 3. The number of aliphatic hydroxyl groups is 1. The van der Waals surface area contributed by atoms with Crippen molar-refractivity contribution in [1.82, 2.24) is 14.8 Å². The van der Waals surface area contributed by atoms with E-state index in [1.54, 1.807) is 17.1 Å². The van der Waals surface area contributed by atoms with Crippen molar-refractivity contribution in [3.05, 3.63) is 46.5 Å². The highest BCUT2D eigenvalue weighted by molar-refractivity contribution is 6.35. The van der Waals surface area contributed by atoms with Crippen LogP contribution in [0.2, 0.25) is 10.0 Å². The molecule has 6 heteroatoms. The van der Waals surface area contributed by atoms with Crippen molar-refractivity contribution in [3.63, 3.8) is 0 Å². The SMILES string of the molecule is CCC(Cc1ccc(Cl)cc1Cl)CC(C(O)C(C)(C)C)n1cncn1. The molecule has 1 aromatic heterocycles. The Morgan fingerprint density at radius 3 is 2.48 bits per heavy atom. The summed E-state index contributed by atoms with van der Waals surface area (Å²) in [4.78, 5) is 4.05. The maximum absolute atomic E-state index is 10.9. The second kappa shape index (κ2) is 8.52. The molecule has 4 nitrogen and oxygen atoms in total. The van der Waals surface area contributed by atoms with E-state index in [1.165, 1.54) is 6.33 Å². The fourth-order valence-electron chi connectivity index (χ4n) is 3.08. The van der Waals surface area contributed by atoms with E-state index >= 15 is 0 Å². The van der Waals surface area contributed by atoms with Gasteiger partial charge in [-0.15, -0.1) is 0 Å². The Kier molecular flexibility index (Phi) is 6.89. The minimum absolute atomic E-state index is 0.126. The van der Waals surface area contributed by atoms with Crippen LogP contribution in [0.3, 0.4) is 0 Å². The van der Waals surface area contributed by atoms with E-state index in [2.05, 4.69) is 17.0 Å². The van der Waals surface area contributed by atoms with Crippen molar-refractivity contribution in [1.29, 1.82) is 0 Å². The number of benzene rings is 1. The number of halogens is 2.